The number of hydrogen-bond acceptors (Lipinski definition) is 5. The number of sulfonamides is 1. The number of benzene rings is 1. The highest BCUT2D eigenvalue weighted by Crippen LogP contribution is 2.21. The number of piperazine rings is 1. The maximum atomic E-state index is 12.9. The van der Waals surface area contributed by atoms with Crippen LogP contribution in [0.4, 0.5) is 5.69 Å². The lowest BCUT2D eigenvalue weighted by Gasteiger charge is -2.33. The maximum Gasteiger partial charge on any atom is 0.243 e. The smallest absolute Gasteiger partial charge is 0.243 e. The van der Waals surface area contributed by atoms with Crippen LogP contribution in [0.2, 0.25) is 0 Å². The molecule has 2 saturated heterocycles. The standard InChI is InChI=1S/C18H28N4O3S.2ClH/c1-2-21-9-11-22(12-10-21)26(24,25)17-7-3-5-16(13-17)20-18(23)14-15-6-4-8-19-15;;/h3,5,7,13,15,19H,2,4,6,8-12,14H2,1H3,(H,20,23);2*1H. The predicted octanol–water partition coefficient (Wildman–Crippen LogP) is 1.94. The highest BCUT2D eigenvalue weighted by atomic mass is 35.5. The van der Waals surface area contributed by atoms with E-state index in [-0.39, 0.29) is 41.7 Å². The first-order valence-electron chi connectivity index (χ1n) is 9.35. The number of likely N-dealkylation sites (N-methyl/N-ethyl adjacent to an activating group) is 1. The highest BCUT2D eigenvalue weighted by molar-refractivity contribution is 7.89. The topological polar surface area (TPSA) is 81.8 Å². The zero-order chi connectivity index (χ0) is 18.6. The van der Waals surface area contributed by atoms with Crippen LogP contribution in [0.5, 0.6) is 0 Å². The second kappa shape index (κ2) is 11.3. The van der Waals surface area contributed by atoms with Crippen molar-refractivity contribution in [3.8, 4) is 0 Å². The van der Waals surface area contributed by atoms with Crippen LogP contribution in [0.25, 0.3) is 0 Å². The average Bonchev–Trinajstić information content (AvgIpc) is 3.14. The molecule has 2 N–H and O–H groups in total. The molecule has 1 aromatic carbocycles. The molecule has 1 unspecified atom stereocenters. The van der Waals surface area contributed by atoms with Gasteiger partial charge in [-0.3, -0.25) is 4.79 Å². The zero-order valence-corrected chi connectivity index (χ0v) is 18.5. The fourth-order valence-electron chi connectivity index (χ4n) is 3.54. The monoisotopic (exact) mass is 452 g/mol. The van der Waals surface area contributed by atoms with Crippen molar-refractivity contribution >= 4 is 46.4 Å². The molecule has 0 saturated carbocycles. The third-order valence-electron chi connectivity index (χ3n) is 5.13. The lowest BCUT2D eigenvalue weighted by atomic mass is 10.1. The Kier molecular flexibility index (Phi) is 10.2. The van der Waals surface area contributed by atoms with Crippen LogP contribution in [-0.2, 0) is 14.8 Å². The molecule has 2 fully saturated rings. The normalized spacial score (nSPS) is 20.8. The molecule has 28 heavy (non-hydrogen) atoms. The number of amides is 1. The van der Waals surface area contributed by atoms with Crippen LogP contribution in [0.15, 0.2) is 29.2 Å². The Morgan fingerprint density at radius 3 is 2.54 bits per heavy atom. The number of rotatable bonds is 6. The minimum Gasteiger partial charge on any atom is -0.326 e. The lowest BCUT2D eigenvalue weighted by Crippen LogP contribution is -2.48. The molecular weight excluding hydrogens is 423 g/mol. The number of carbonyl (C=O) groups excluding carboxylic acids is 1. The quantitative estimate of drug-likeness (QED) is 0.688. The van der Waals surface area contributed by atoms with E-state index in [1.165, 1.54) is 4.31 Å². The minimum absolute atomic E-state index is 0. The third-order valence-corrected chi connectivity index (χ3v) is 7.02. The Hall–Kier alpha value is -0.900. The molecule has 2 aliphatic rings. The van der Waals surface area contributed by atoms with E-state index in [1.807, 2.05) is 0 Å². The Morgan fingerprint density at radius 1 is 1.21 bits per heavy atom. The van der Waals surface area contributed by atoms with Crippen LogP contribution >= 0.6 is 24.8 Å². The van der Waals surface area contributed by atoms with E-state index in [4.69, 9.17) is 0 Å². The summed E-state index contributed by atoms with van der Waals surface area (Å²) in [5.74, 6) is -0.0875. The Bertz CT molecular complexity index is 734. The van der Waals surface area contributed by atoms with E-state index in [2.05, 4.69) is 22.5 Å². The number of nitrogens with one attached hydrogen (secondary N) is 2. The van der Waals surface area contributed by atoms with Crippen molar-refractivity contribution in [2.24, 2.45) is 0 Å². The summed E-state index contributed by atoms with van der Waals surface area (Å²) in [7, 11) is -3.53. The molecule has 7 nitrogen and oxygen atoms in total. The second-order valence-corrected chi connectivity index (χ2v) is 8.85. The summed E-state index contributed by atoms with van der Waals surface area (Å²) in [5, 5.41) is 6.12. The predicted molar refractivity (Wildman–Crippen MR) is 116 cm³/mol. The van der Waals surface area contributed by atoms with E-state index in [9.17, 15) is 13.2 Å². The Balaban J connectivity index is 0.00000196. The van der Waals surface area contributed by atoms with Gasteiger partial charge in [0.15, 0.2) is 0 Å². The van der Waals surface area contributed by atoms with Crippen molar-refractivity contribution < 1.29 is 13.2 Å². The summed E-state index contributed by atoms with van der Waals surface area (Å²) in [6.45, 7) is 6.47. The van der Waals surface area contributed by atoms with Gasteiger partial charge in [0.2, 0.25) is 15.9 Å². The van der Waals surface area contributed by atoms with Gasteiger partial charge in [0.25, 0.3) is 0 Å². The fourth-order valence-corrected chi connectivity index (χ4v) is 5.00. The number of nitrogens with zero attached hydrogens (tertiary/aromatic N) is 2. The van der Waals surface area contributed by atoms with Gasteiger partial charge in [0.1, 0.15) is 0 Å². The van der Waals surface area contributed by atoms with Gasteiger partial charge in [-0.1, -0.05) is 13.0 Å². The fraction of sp³-hybridized carbons (Fsp3) is 0.611. The van der Waals surface area contributed by atoms with Gasteiger partial charge in [-0.2, -0.15) is 4.31 Å². The highest BCUT2D eigenvalue weighted by Gasteiger charge is 2.28. The van der Waals surface area contributed by atoms with Crippen molar-refractivity contribution in [2.45, 2.75) is 37.1 Å². The van der Waals surface area contributed by atoms with Gasteiger partial charge in [-0.25, -0.2) is 8.42 Å². The van der Waals surface area contributed by atoms with Crippen molar-refractivity contribution in [1.82, 2.24) is 14.5 Å². The van der Waals surface area contributed by atoms with E-state index in [1.54, 1.807) is 24.3 Å². The molecule has 0 aromatic heterocycles. The molecule has 1 atom stereocenters. The summed E-state index contributed by atoms with van der Waals surface area (Å²) in [6, 6.07) is 6.78. The van der Waals surface area contributed by atoms with Gasteiger partial charge in [-0.15, -0.1) is 24.8 Å². The van der Waals surface area contributed by atoms with Crippen LogP contribution in [0, 0.1) is 0 Å². The summed E-state index contributed by atoms with van der Waals surface area (Å²) < 4.78 is 27.3. The molecule has 1 amide bonds. The van der Waals surface area contributed by atoms with E-state index in [0.717, 1.165) is 39.0 Å². The van der Waals surface area contributed by atoms with Crippen LogP contribution in [0.1, 0.15) is 26.2 Å². The average molecular weight is 453 g/mol. The Morgan fingerprint density at radius 2 is 1.93 bits per heavy atom. The number of halogens is 2. The van der Waals surface area contributed by atoms with Crippen molar-refractivity contribution in [1.29, 1.82) is 0 Å². The molecule has 0 spiro atoms. The van der Waals surface area contributed by atoms with Gasteiger partial charge < -0.3 is 15.5 Å². The minimum atomic E-state index is -3.53. The van der Waals surface area contributed by atoms with Crippen LogP contribution in [-0.4, -0.2) is 68.8 Å². The molecule has 10 heteroatoms. The van der Waals surface area contributed by atoms with Crippen LogP contribution in [0.3, 0.4) is 0 Å². The van der Waals surface area contributed by atoms with E-state index < -0.39 is 10.0 Å². The molecule has 0 bridgehead atoms. The Labute approximate surface area is 180 Å². The SMILES string of the molecule is CCN1CCN(S(=O)(=O)c2cccc(NC(=O)CC3CCCN3)c2)CC1.Cl.Cl. The number of anilines is 1. The summed E-state index contributed by atoms with van der Waals surface area (Å²) in [4.78, 5) is 14.7. The molecule has 2 aliphatic heterocycles. The van der Waals surface area contributed by atoms with Gasteiger partial charge in [0.05, 0.1) is 4.90 Å². The summed E-state index contributed by atoms with van der Waals surface area (Å²) >= 11 is 0. The first-order valence-corrected chi connectivity index (χ1v) is 10.8. The first-order chi connectivity index (χ1) is 12.5. The largest absolute Gasteiger partial charge is 0.326 e. The summed E-state index contributed by atoms with van der Waals surface area (Å²) in [5.41, 5.74) is 0.529. The van der Waals surface area contributed by atoms with Gasteiger partial charge in [0, 0.05) is 44.3 Å². The van der Waals surface area contributed by atoms with Crippen molar-refractivity contribution in [3.05, 3.63) is 24.3 Å². The molecule has 1 aromatic rings. The molecule has 0 radical (unpaired) electrons. The number of hydrogen-bond donors (Lipinski definition) is 2. The van der Waals surface area contributed by atoms with E-state index >= 15 is 0 Å². The summed E-state index contributed by atoms with van der Waals surface area (Å²) in [6.07, 6.45) is 2.51. The third kappa shape index (κ3) is 6.30. The van der Waals surface area contributed by atoms with Gasteiger partial charge >= 0.3 is 0 Å². The zero-order valence-electron chi connectivity index (χ0n) is 16.1. The molecule has 3 rings (SSSR count). The maximum absolute atomic E-state index is 12.9. The molecule has 0 aliphatic carbocycles. The molecular formula is C18H30Cl2N4O3S. The molecule has 2 heterocycles. The van der Waals surface area contributed by atoms with Gasteiger partial charge in [-0.05, 0) is 44.1 Å². The lowest BCUT2D eigenvalue weighted by molar-refractivity contribution is -0.116. The van der Waals surface area contributed by atoms with Crippen molar-refractivity contribution in [3.63, 3.8) is 0 Å². The molecule has 160 valence electrons. The van der Waals surface area contributed by atoms with Crippen LogP contribution < -0.4 is 10.6 Å². The second-order valence-electron chi connectivity index (χ2n) is 6.91. The van der Waals surface area contributed by atoms with E-state index in [0.29, 0.717) is 25.2 Å². The number of carbonyl (C=O) groups is 1. The van der Waals surface area contributed by atoms with Crippen molar-refractivity contribution in [2.75, 3.05) is 44.6 Å². The first kappa shape index (κ1) is 25.1.